The van der Waals surface area contributed by atoms with Crippen molar-refractivity contribution < 1.29 is 26.7 Å². The number of sulfonamides is 1. The van der Waals surface area contributed by atoms with Crippen molar-refractivity contribution in [1.82, 2.24) is 4.72 Å². The van der Waals surface area contributed by atoms with E-state index in [1.165, 1.54) is 48.1 Å². The Morgan fingerprint density at radius 1 is 1.32 bits per heavy atom. The molecule has 1 heterocycles. The van der Waals surface area contributed by atoms with E-state index in [9.17, 15) is 17.2 Å². The number of ether oxygens (including phenoxy) is 2. The third-order valence-corrected chi connectivity index (χ3v) is 4.98. The van der Waals surface area contributed by atoms with Gasteiger partial charge in [-0.25, -0.2) is 13.1 Å². The Labute approximate surface area is 130 Å². The maximum absolute atomic E-state index is 12.4. The molecule has 0 amide bonds. The number of hydrogen-bond acceptors (Lipinski definition) is 5. The maximum atomic E-state index is 12.4. The second-order valence-electron chi connectivity index (χ2n) is 4.14. The van der Waals surface area contributed by atoms with Gasteiger partial charge in [-0.2, -0.15) is 20.1 Å². The van der Waals surface area contributed by atoms with Gasteiger partial charge in [-0.3, -0.25) is 0 Å². The standard InChI is InChI=1S/C13H13F2NO4S2/c1-19-10-3-2-9(12(6-10)20-13(14)15)7-16-22(17,18)11-4-5-21-8-11/h2-6,8,13,16H,7H2,1H3. The zero-order valence-corrected chi connectivity index (χ0v) is 13.1. The summed E-state index contributed by atoms with van der Waals surface area (Å²) in [5.74, 6) is 0.197. The highest BCUT2D eigenvalue weighted by molar-refractivity contribution is 7.89. The molecule has 9 heteroatoms. The van der Waals surface area contributed by atoms with Crippen molar-refractivity contribution in [3.63, 3.8) is 0 Å². The summed E-state index contributed by atoms with van der Waals surface area (Å²) in [6.07, 6.45) is 0. The van der Waals surface area contributed by atoms with Gasteiger partial charge in [-0.05, 0) is 17.5 Å². The number of alkyl halides is 2. The molecule has 0 radical (unpaired) electrons. The molecule has 0 saturated heterocycles. The Kier molecular flexibility index (Phi) is 5.33. The second-order valence-corrected chi connectivity index (χ2v) is 6.68. The largest absolute Gasteiger partial charge is 0.497 e. The molecule has 0 aliphatic rings. The Bertz CT molecular complexity index is 718. The van der Waals surface area contributed by atoms with E-state index < -0.39 is 16.6 Å². The SMILES string of the molecule is COc1ccc(CNS(=O)(=O)c2ccsc2)c(OC(F)F)c1. The predicted octanol–water partition coefficient (Wildman–Crippen LogP) is 2.84. The summed E-state index contributed by atoms with van der Waals surface area (Å²) in [4.78, 5) is 0.127. The highest BCUT2D eigenvalue weighted by atomic mass is 32.2. The lowest BCUT2D eigenvalue weighted by molar-refractivity contribution is -0.0505. The number of methoxy groups -OCH3 is 1. The van der Waals surface area contributed by atoms with Crippen LogP contribution < -0.4 is 14.2 Å². The first kappa shape index (κ1) is 16.7. The average Bonchev–Trinajstić information content (AvgIpc) is 3.00. The van der Waals surface area contributed by atoms with Crippen molar-refractivity contribution in [2.45, 2.75) is 18.1 Å². The molecule has 2 rings (SSSR count). The average molecular weight is 349 g/mol. The quantitative estimate of drug-likeness (QED) is 0.835. The minimum Gasteiger partial charge on any atom is -0.497 e. The van der Waals surface area contributed by atoms with E-state index in [1.54, 1.807) is 5.38 Å². The molecule has 1 N–H and O–H groups in total. The molecule has 0 aliphatic heterocycles. The number of halogens is 2. The number of thiophene rings is 1. The van der Waals surface area contributed by atoms with E-state index in [4.69, 9.17) is 4.74 Å². The van der Waals surface area contributed by atoms with Crippen LogP contribution in [-0.2, 0) is 16.6 Å². The molecule has 0 atom stereocenters. The summed E-state index contributed by atoms with van der Waals surface area (Å²) in [6, 6.07) is 5.73. The second kappa shape index (κ2) is 7.03. The third kappa shape index (κ3) is 4.15. The van der Waals surface area contributed by atoms with Gasteiger partial charge in [0, 0.05) is 23.6 Å². The predicted molar refractivity (Wildman–Crippen MR) is 78.0 cm³/mol. The molecule has 0 fully saturated rings. The van der Waals surface area contributed by atoms with Crippen LogP contribution in [0.4, 0.5) is 8.78 Å². The fourth-order valence-electron chi connectivity index (χ4n) is 1.67. The fourth-order valence-corrected chi connectivity index (χ4v) is 3.71. The lowest BCUT2D eigenvalue weighted by Crippen LogP contribution is -2.23. The van der Waals surface area contributed by atoms with Crippen LogP contribution >= 0.6 is 11.3 Å². The first-order chi connectivity index (χ1) is 10.4. The molecule has 0 spiro atoms. The van der Waals surface area contributed by atoms with Gasteiger partial charge in [0.1, 0.15) is 11.5 Å². The lowest BCUT2D eigenvalue weighted by atomic mass is 10.2. The Morgan fingerprint density at radius 2 is 2.09 bits per heavy atom. The minimum atomic E-state index is -3.69. The van der Waals surface area contributed by atoms with Gasteiger partial charge in [0.15, 0.2) is 0 Å². The van der Waals surface area contributed by atoms with E-state index in [0.29, 0.717) is 5.75 Å². The molecule has 1 aromatic heterocycles. The van der Waals surface area contributed by atoms with Crippen molar-refractivity contribution in [3.8, 4) is 11.5 Å². The van der Waals surface area contributed by atoms with Crippen molar-refractivity contribution in [2.24, 2.45) is 0 Å². The summed E-state index contributed by atoms with van der Waals surface area (Å²) in [5.41, 5.74) is 0.278. The maximum Gasteiger partial charge on any atom is 0.387 e. The Morgan fingerprint density at radius 3 is 2.68 bits per heavy atom. The van der Waals surface area contributed by atoms with Gasteiger partial charge >= 0.3 is 6.61 Å². The number of rotatable bonds is 7. The topological polar surface area (TPSA) is 64.6 Å². The molecule has 0 saturated carbocycles. The molecule has 5 nitrogen and oxygen atoms in total. The smallest absolute Gasteiger partial charge is 0.387 e. The van der Waals surface area contributed by atoms with E-state index >= 15 is 0 Å². The Hall–Kier alpha value is -1.71. The third-order valence-electron chi connectivity index (χ3n) is 2.75. The summed E-state index contributed by atoms with van der Waals surface area (Å²) in [5, 5.41) is 3.11. The van der Waals surface area contributed by atoms with E-state index in [0.717, 1.165) is 0 Å². The van der Waals surface area contributed by atoms with Crippen LogP contribution in [0.2, 0.25) is 0 Å². The Balaban J connectivity index is 2.18. The number of benzene rings is 1. The summed E-state index contributed by atoms with van der Waals surface area (Å²) >= 11 is 1.25. The van der Waals surface area contributed by atoms with Crippen molar-refractivity contribution in [2.75, 3.05) is 7.11 Å². The van der Waals surface area contributed by atoms with Gasteiger partial charge in [-0.15, -0.1) is 0 Å². The van der Waals surface area contributed by atoms with Crippen LogP contribution in [0.15, 0.2) is 39.9 Å². The van der Waals surface area contributed by atoms with E-state index in [-0.39, 0.29) is 22.8 Å². The minimum absolute atomic E-state index is 0.127. The van der Waals surface area contributed by atoms with E-state index in [1.807, 2.05) is 0 Å². The number of hydrogen-bond donors (Lipinski definition) is 1. The molecule has 22 heavy (non-hydrogen) atoms. The number of nitrogens with one attached hydrogen (secondary N) is 1. The zero-order valence-electron chi connectivity index (χ0n) is 11.5. The van der Waals surface area contributed by atoms with Gasteiger partial charge < -0.3 is 9.47 Å². The van der Waals surface area contributed by atoms with Crippen molar-refractivity contribution in [1.29, 1.82) is 0 Å². The van der Waals surface area contributed by atoms with E-state index in [2.05, 4.69) is 9.46 Å². The monoisotopic (exact) mass is 349 g/mol. The lowest BCUT2D eigenvalue weighted by Gasteiger charge is -2.13. The molecular formula is C13H13F2NO4S2. The molecule has 0 bridgehead atoms. The van der Waals surface area contributed by atoms with Gasteiger partial charge in [0.25, 0.3) is 0 Å². The van der Waals surface area contributed by atoms with Crippen molar-refractivity contribution >= 4 is 21.4 Å². The van der Waals surface area contributed by atoms with Gasteiger partial charge in [-0.1, -0.05) is 6.07 Å². The molecule has 0 aliphatic carbocycles. The fraction of sp³-hybridized carbons (Fsp3) is 0.231. The summed E-state index contributed by atoms with van der Waals surface area (Å²) < 4.78 is 60.6. The normalized spacial score (nSPS) is 11.6. The van der Waals surface area contributed by atoms with Crippen molar-refractivity contribution in [3.05, 3.63) is 40.6 Å². The van der Waals surface area contributed by atoms with Gasteiger partial charge in [0.2, 0.25) is 10.0 Å². The van der Waals surface area contributed by atoms with Gasteiger partial charge in [0.05, 0.1) is 12.0 Å². The van der Waals surface area contributed by atoms with Crippen LogP contribution in [0, 0.1) is 0 Å². The molecule has 120 valence electrons. The zero-order chi connectivity index (χ0) is 16.2. The molecule has 0 unspecified atom stereocenters. The van der Waals surface area contributed by atoms with Crippen LogP contribution in [0.5, 0.6) is 11.5 Å². The molecule has 2 aromatic rings. The highest BCUT2D eigenvalue weighted by Crippen LogP contribution is 2.26. The summed E-state index contributed by atoms with van der Waals surface area (Å²) in [6.45, 7) is -3.19. The first-order valence-electron chi connectivity index (χ1n) is 6.06. The summed E-state index contributed by atoms with van der Waals surface area (Å²) in [7, 11) is -2.30. The first-order valence-corrected chi connectivity index (χ1v) is 8.48. The van der Waals surface area contributed by atoms with Crippen LogP contribution in [0.25, 0.3) is 0 Å². The molecule has 1 aromatic carbocycles. The van der Waals surface area contributed by atoms with Crippen LogP contribution in [0.3, 0.4) is 0 Å². The van der Waals surface area contributed by atoms with Crippen LogP contribution in [-0.4, -0.2) is 22.1 Å². The van der Waals surface area contributed by atoms with Crippen LogP contribution in [0.1, 0.15) is 5.56 Å². The highest BCUT2D eigenvalue weighted by Gasteiger charge is 2.17. The molecular weight excluding hydrogens is 336 g/mol.